The molecule has 0 radical (unpaired) electrons. The second-order valence-corrected chi connectivity index (χ2v) is 11.2. The summed E-state index contributed by atoms with van der Waals surface area (Å²) in [5.41, 5.74) is 1.98. The summed E-state index contributed by atoms with van der Waals surface area (Å²) in [6.07, 6.45) is 1.37. The van der Waals surface area contributed by atoms with Gasteiger partial charge in [0, 0.05) is 23.7 Å². The standard InChI is InChI=1S/C29H27ClN2O5S/c1-2-37-29(35)21-6-5-15-31(18-21)27(33)20-11-14-26-24(16-20)32(17-19-9-12-22(30)13-10-19)28(34)23-7-3-4-8-25(23)38(26)36/h3-4,7-14,16,21H,2,5-6,15,17-18H2,1H3/t21-,38-/m1/s1. The fourth-order valence-electron chi connectivity index (χ4n) is 4.92. The van der Waals surface area contributed by atoms with Crippen molar-refractivity contribution in [2.75, 3.05) is 24.6 Å². The number of anilines is 1. The lowest BCUT2D eigenvalue weighted by Gasteiger charge is -2.32. The second-order valence-electron chi connectivity index (χ2n) is 9.31. The maximum atomic E-state index is 13.8. The summed E-state index contributed by atoms with van der Waals surface area (Å²) < 4.78 is 18.8. The molecule has 7 nitrogen and oxygen atoms in total. The molecule has 2 aliphatic rings. The second kappa shape index (κ2) is 11.1. The number of hydrogen-bond acceptors (Lipinski definition) is 5. The first-order valence-electron chi connectivity index (χ1n) is 12.5. The number of benzene rings is 3. The third-order valence-electron chi connectivity index (χ3n) is 6.84. The molecule has 196 valence electrons. The minimum absolute atomic E-state index is 0.209. The van der Waals surface area contributed by atoms with Gasteiger partial charge in [0.15, 0.2) is 0 Å². The van der Waals surface area contributed by atoms with Crippen LogP contribution in [0.15, 0.2) is 76.5 Å². The normalized spacial score (nSPS) is 18.8. The van der Waals surface area contributed by atoms with Gasteiger partial charge in [-0.15, -0.1) is 0 Å². The zero-order chi connectivity index (χ0) is 26.8. The van der Waals surface area contributed by atoms with Crippen LogP contribution in [0.3, 0.4) is 0 Å². The SMILES string of the molecule is CCOC(=O)[C@@H]1CCCN(C(=O)c2ccc3c(c2)N(Cc2ccc(Cl)cc2)C(=O)c2ccccc2[S@]3=O)C1. The number of likely N-dealkylation sites (tertiary alicyclic amines) is 1. The Morgan fingerprint density at radius 3 is 2.58 bits per heavy atom. The lowest BCUT2D eigenvalue weighted by molar-refractivity contribution is -0.149. The van der Waals surface area contributed by atoms with Crippen LogP contribution in [0.1, 0.15) is 46.0 Å². The molecule has 0 unspecified atom stereocenters. The Morgan fingerprint density at radius 1 is 1.05 bits per heavy atom. The number of amides is 2. The molecule has 5 rings (SSSR count). The molecule has 0 bridgehead atoms. The van der Waals surface area contributed by atoms with Gasteiger partial charge in [0.1, 0.15) is 0 Å². The minimum atomic E-state index is -1.62. The van der Waals surface area contributed by atoms with Crippen molar-refractivity contribution in [3.63, 3.8) is 0 Å². The number of hydrogen-bond donors (Lipinski definition) is 0. The summed E-state index contributed by atoms with van der Waals surface area (Å²) in [6.45, 7) is 3.07. The lowest BCUT2D eigenvalue weighted by Crippen LogP contribution is -2.43. The highest BCUT2D eigenvalue weighted by molar-refractivity contribution is 7.85. The summed E-state index contributed by atoms with van der Waals surface area (Å²) in [6, 6.07) is 19.0. The van der Waals surface area contributed by atoms with Gasteiger partial charge in [-0.3, -0.25) is 14.4 Å². The zero-order valence-electron chi connectivity index (χ0n) is 20.9. The number of fused-ring (bicyclic) bond motifs is 2. The summed E-state index contributed by atoms with van der Waals surface area (Å²) in [4.78, 5) is 43.8. The molecule has 0 N–H and O–H groups in total. The topological polar surface area (TPSA) is 84.0 Å². The van der Waals surface area contributed by atoms with Crippen LogP contribution in [-0.2, 0) is 26.9 Å². The Hall–Kier alpha value is -3.49. The van der Waals surface area contributed by atoms with E-state index in [1.165, 1.54) is 0 Å². The van der Waals surface area contributed by atoms with Crippen molar-refractivity contribution in [2.24, 2.45) is 5.92 Å². The van der Waals surface area contributed by atoms with Crippen LogP contribution in [0, 0.1) is 5.92 Å². The Labute approximate surface area is 228 Å². The van der Waals surface area contributed by atoms with Crippen molar-refractivity contribution >= 4 is 45.9 Å². The van der Waals surface area contributed by atoms with Crippen molar-refractivity contribution in [1.29, 1.82) is 0 Å². The molecule has 9 heteroatoms. The average molecular weight is 551 g/mol. The average Bonchev–Trinajstić information content (AvgIpc) is 3.03. The molecule has 0 aliphatic carbocycles. The number of esters is 1. The first kappa shape index (κ1) is 26.1. The molecule has 2 aliphatic heterocycles. The van der Waals surface area contributed by atoms with Crippen LogP contribution in [-0.4, -0.2) is 46.6 Å². The molecule has 3 aromatic carbocycles. The third-order valence-corrected chi connectivity index (χ3v) is 8.59. The fourth-order valence-corrected chi connectivity index (χ4v) is 6.39. The van der Waals surface area contributed by atoms with Crippen LogP contribution in [0.25, 0.3) is 0 Å². The Balaban J connectivity index is 1.53. The maximum absolute atomic E-state index is 13.8. The number of ether oxygens (including phenoxy) is 1. The largest absolute Gasteiger partial charge is 0.466 e. The van der Waals surface area contributed by atoms with Crippen molar-refractivity contribution in [2.45, 2.75) is 36.1 Å². The molecular weight excluding hydrogens is 524 g/mol. The number of carbonyl (C=O) groups is 3. The molecule has 2 heterocycles. The number of carbonyl (C=O) groups excluding carboxylic acids is 3. The molecule has 2 atom stereocenters. The van der Waals surface area contributed by atoms with Gasteiger partial charge in [-0.25, -0.2) is 4.21 Å². The van der Waals surface area contributed by atoms with E-state index < -0.39 is 10.8 Å². The molecule has 2 amide bonds. The summed E-state index contributed by atoms with van der Waals surface area (Å²) >= 11 is 6.06. The van der Waals surface area contributed by atoms with Gasteiger partial charge in [0.2, 0.25) is 0 Å². The highest BCUT2D eigenvalue weighted by atomic mass is 35.5. The molecular formula is C29H27ClN2O5S. The number of halogens is 1. The summed E-state index contributed by atoms with van der Waals surface area (Å²) in [5.74, 6) is -1.20. The lowest BCUT2D eigenvalue weighted by atomic mass is 9.97. The van der Waals surface area contributed by atoms with E-state index in [1.807, 2.05) is 12.1 Å². The van der Waals surface area contributed by atoms with Gasteiger partial charge in [-0.2, -0.15) is 0 Å². The molecule has 1 saturated heterocycles. The van der Waals surface area contributed by atoms with E-state index in [9.17, 15) is 18.6 Å². The van der Waals surface area contributed by atoms with Gasteiger partial charge in [0.25, 0.3) is 11.8 Å². The van der Waals surface area contributed by atoms with Crippen molar-refractivity contribution in [3.05, 3.63) is 88.4 Å². The Morgan fingerprint density at radius 2 is 1.82 bits per heavy atom. The van der Waals surface area contributed by atoms with E-state index in [2.05, 4.69) is 0 Å². The summed E-state index contributed by atoms with van der Waals surface area (Å²) in [7, 11) is -1.62. The predicted octanol–water partition coefficient (Wildman–Crippen LogP) is 5.08. The van der Waals surface area contributed by atoms with E-state index in [-0.39, 0.29) is 36.8 Å². The number of piperidine rings is 1. The van der Waals surface area contributed by atoms with E-state index in [0.29, 0.717) is 57.6 Å². The van der Waals surface area contributed by atoms with Gasteiger partial charge in [-0.1, -0.05) is 35.9 Å². The molecule has 1 fully saturated rings. The van der Waals surface area contributed by atoms with Crippen molar-refractivity contribution in [3.8, 4) is 0 Å². The summed E-state index contributed by atoms with van der Waals surface area (Å²) in [5, 5.41) is 0.582. The van der Waals surface area contributed by atoms with E-state index in [1.54, 1.807) is 71.3 Å². The fraction of sp³-hybridized carbons (Fsp3) is 0.276. The van der Waals surface area contributed by atoms with Gasteiger partial charge in [-0.05, 0) is 67.8 Å². The minimum Gasteiger partial charge on any atom is -0.466 e. The predicted molar refractivity (Wildman–Crippen MR) is 145 cm³/mol. The van der Waals surface area contributed by atoms with Crippen molar-refractivity contribution in [1.82, 2.24) is 4.90 Å². The maximum Gasteiger partial charge on any atom is 0.310 e. The first-order chi connectivity index (χ1) is 18.4. The van der Waals surface area contributed by atoms with Crippen LogP contribution in [0.4, 0.5) is 5.69 Å². The van der Waals surface area contributed by atoms with Crippen molar-refractivity contribution < 1.29 is 23.3 Å². The Kier molecular flexibility index (Phi) is 7.63. The number of rotatable bonds is 5. The number of nitrogens with zero attached hydrogens (tertiary/aromatic N) is 2. The van der Waals surface area contributed by atoms with Gasteiger partial charge in [0.05, 0.1) is 50.9 Å². The highest BCUT2D eigenvalue weighted by Gasteiger charge is 2.33. The Bertz CT molecular complexity index is 1420. The quantitative estimate of drug-likeness (QED) is 0.414. The highest BCUT2D eigenvalue weighted by Crippen LogP contribution is 2.36. The van der Waals surface area contributed by atoms with Crippen LogP contribution < -0.4 is 4.90 Å². The molecule has 0 aromatic heterocycles. The monoisotopic (exact) mass is 550 g/mol. The van der Waals surface area contributed by atoms with Crippen LogP contribution in [0.2, 0.25) is 5.02 Å². The molecule has 3 aromatic rings. The van der Waals surface area contributed by atoms with E-state index in [0.717, 1.165) is 5.56 Å². The first-order valence-corrected chi connectivity index (χ1v) is 14.1. The zero-order valence-corrected chi connectivity index (χ0v) is 22.5. The van der Waals surface area contributed by atoms with Crippen LogP contribution >= 0.6 is 11.6 Å². The molecule has 0 saturated carbocycles. The smallest absolute Gasteiger partial charge is 0.310 e. The van der Waals surface area contributed by atoms with Gasteiger partial charge < -0.3 is 14.5 Å². The van der Waals surface area contributed by atoms with E-state index >= 15 is 0 Å². The molecule has 38 heavy (non-hydrogen) atoms. The third kappa shape index (κ3) is 5.11. The van der Waals surface area contributed by atoms with E-state index in [4.69, 9.17) is 16.3 Å². The molecule has 0 spiro atoms. The van der Waals surface area contributed by atoms with Crippen LogP contribution in [0.5, 0.6) is 0 Å². The van der Waals surface area contributed by atoms with Gasteiger partial charge >= 0.3 is 5.97 Å².